The van der Waals surface area contributed by atoms with Crippen molar-refractivity contribution in [2.75, 3.05) is 0 Å². The van der Waals surface area contributed by atoms with Crippen molar-refractivity contribution in [1.82, 2.24) is 0 Å². The van der Waals surface area contributed by atoms with Crippen LogP contribution in [0, 0.1) is 0 Å². The van der Waals surface area contributed by atoms with Crippen molar-refractivity contribution in [3.63, 3.8) is 0 Å². The maximum Gasteiger partial charge on any atom is 3.00 e. The van der Waals surface area contributed by atoms with Crippen molar-refractivity contribution < 1.29 is 24.7 Å². The Balaban J connectivity index is -0.0000000267. The molecule has 0 heterocycles. The van der Waals surface area contributed by atoms with Gasteiger partial charge in [-0.3, -0.25) is 0 Å². The quantitative estimate of drug-likeness (QED) is 0.289. The van der Waals surface area contributed by atoms with Crippen molar-refractivity contribution >= 4 is 64.1 Å². The summed E-state index contributed by atoms with van der Waals surface area (Å²) in [5, 5.41) is 0. The molecule has 0 aliphatic carbocycles. The van der Waals surface area contributed by atoms with E-state index in [2.05, 4.69) is 0 Å². The summed E-state index contributed by atoms with van der Waals surface area (Å²) in [6.07, 6.45) is 0. The molecule has 0 aromatic rings. The van der Waals surface area contributed by atoms with Gasteiger partial charge in [0.2, 0.25) is 0 Å². The third kappa shape index (κ3) is 111. The second-order valence-electron chi connectivity index (χ2n) is 0.600. The molecule has 0 aliphatic rings. The molecule has 0 bridgehead atoms. The SMILES string of the molecule is O[Si](O)(O)O.[Al+3].[Ca+2].[O-2]. The number of hydrogen-bond acceptors (Lipinski definition) is 4. The molecule has 0 atom stereocenters. The minimum Gasteiger partial charge on any atom is -2.00 e. The molecule has 4 N–H and O–H groups in total. The van der Waals surface area contributed by atoms with Crippen molar-refractivity contribution in [3.8, 4) is 0 Å². The standard InChI is InChI=1S/Al.Ca.H4O4Si.O/c;;1-5(2,3)4;/h;;1-4H;/q+3;+2;;-2. The first-order valence-corrected chi connectivity index (χ1v) is 2.68. The van der Waals surface area contributed by atoms with Crippen LogP contribution in [0.15, 0.2) is 0 Å². The molecule has 0 saturated heterocycles. The molecule has 8 heteroatoms. The molecule has 0 fully saturated rings. The molecule has 0 aromatic heterocycles. The van der Waals surface area contributed by atoms with Crippen LogP contribution in [0.4, 0.5) is 0 Å². The average molecular weight is 179 g/mol. The maximum absolute atomic E-state index is 7.33. The van der Waals surface area contributed by atoms with E-state index in [4.69, 9.17) is 19.2 Å². The molecular formula is H4AlCaO5Si+3. The first-order chi connectivity index (χ1) is 2.00. The van der Waals surface area contributed by atoms with Gasteiger partial charge < -0.3 is 24.7 Å². The molecule has 0 radical (unpaired) electrons. The normalized spacial score (nSPS) is 7.50. The van der Waals surface area contributed by atoms with Gasteiger partial charge in [-0.1, -0.05) is 0 Å². The predicted molar refractivity (Wildman–Crippen MR) is 26.8 cm³/mol. The fourth-order valence-corrected chi connectivity index (χ4v) is 0. The summed E-state index contributed by atoms with van der Waals surface area (Å²) < 4.78 is 0. The van der Waals surface area contributed by atoms with E-state index < -0.39 is 9.05 Å². The summed E-state index contributed by atoms with van der Waals surface area (Å²) in [5.74, 6) is 0. The van der Waals surface area contributed by atoms with E-state index in [0.717, 1.165) is 0 Å². The smallest absolute Gasteiger partial charge is 2.00 e. The summed E-state index contributed by atoms with van der Waals surface area (Å²) in [6, 6.07) is 0. The average Bonchev–Trinajstić information content (AvgIpc) is 0.722. The van der Waals surface area contributed by atoms with E-state index in [-0.39, 0.29) is 60.6 Å². The minimum atomic E-state index is -4.61. The fourth-order valence-electron chi connectivity index (χ4n) is 0. The topological polar surface area (TPSA) is 109 Å². The van der Waals surface area contributed by atoms with E-state index in [1.54, 1.807) is 0 Å². The molecule has 0 aromatic carbocycles. The molecule has 5 nitrogen and oxygen atoms in total. The Bertz CT molecular complexity index is 27.9. The molecule has 0 rings (SSSR count). The first kappa shape index (κ1) is 22.6. The van der Waals surface area contributed by atoms with Crippen molar-refractivity contribution in [2.45, 2.75) is 0 Å². The molecule has 0 saturated carbocycles. The van der Waals surface area contributed by atoms with Gasteiger partial charge >= 0.3 is 64.1 Å². The van der Waals surface area contributed by atoms with Crippen molar-refractivity contribution in [1.29, 1.82) is 0 Å². The summed E-state index contributed by atoms with van der Waals surface area (Å²) in [7, 11) is -4.61. The fraction of sp³-hybridized carbons (Fsp3) is 0. The van der Waals surface area contributed by atoms with Crippen LogP contribution in [0.1, 0.15) is 0 Å². The summed E-state index contributed by atoms with van der Waals surface area (Å²) >= 11 is 0. The van der Waals surface area contributed by atoms with Gasteiger partial charge in [0.15, 0.2) is 0 Å². The zero-order valence-electron chi connectivity index (χ0n) is 3.98. The largest absolute Gasteiger partial charge is 3.00 e. The monoisotopic (exact) mass is 179 g/mol. The van der Waals surface area contributed by atoms with Crippen LogP contribution in [0.2, 0.25) is 0 Å². The van der Waals surface area contributed by atoms with Gasteiger partial charge in [-0.15, -0.1) is 0 Å². The van der Waals surface area contributed by atoms with E-state index in [1.165, 1.54) is 0 Å². The Labute approximate surface area is 87.9 Å². The Morgan fingerprint density at radius 1 is 0.875 bits per heavy atom. The van der Waals surface area contributed by atoms with Crippen LogP contribution in [-0.2, 0) is 5.48 Å². The van der Waals surface area contributed by atoms with E-state index >= 15 is 0 Å². The van der Waals surface area contributed by atoms with Crippen LogP contribution >= 0.6 is 0 Å². The van der Waals surface area contributed by atoms with E-state index in [0.29, 0.717) is 0 Å². The van der Waals surface area contributed by atoms with Crippen molar-refractivity contribution in [2.24, 2.45) is 0 Å². The minimum absolute atomic E-state index is 0. The van der Waals surface area contributed by atoms with Gasteiger partial charge in [0.1, 0.15) is 0 Å². The van der Waals surface area contributed by atoms with E-state index in [9.17, 15) is 0 Å². The van der Waals surface area contributed by atoms with Crippen LogP contribution < -0.4 is 0 Å². The second kappa shape index (κ2) is 8.81. The second-order valence-corrected chi connectivity index (χ2v) is 1.80. The van der Waals surface area contributed by atoms with Gasteiger partial charge in [-0.05, 0) is 0 Å². The number of rotatable bonds is 0. The van der Waals surface area contributed by atoms with Crippen LogP contribution in [0.3, 0.4) is 0 Å². The number of hydrogen-bond donors (Lipinski definition) is 4. The summed E-state index contributed by atoms with van der Waals surface area (Å²) in [5.41, 5.74) is 0. The molecule has 0 aliphatic heterocycles. The Kier molecular flexibility index (Phi) is 24.8. The van der Waals surface area contributed by atoms with Crippen LogP contribution in [0.5, 0.6) is 0 Å². The third-order valence-electron chi connectivity index (χ3n) is 0. The van der Waals surface area contributed by atoms with Gasteiger partial charge in [0.25, 0.3) is 0 Å². The molecule has 0 spiro atoms. The molecule has 0 unspecified atom stereocenters. The summed E-state index contributed by atoms with van der Waals surface area (Å²) in [6.45, 7) is 0. The predicted octanol–water partition coefficient (Wildman–Crippen LogP) is -3.49. The Morgan fingerprint density at radius 2 is 0.875 bits per heavy atom. The van der Waals surface area contributed by atoms with Crippen LogP contribution in [0.25, 0.3) is 0 Å². The Hall–Kier alpha value is 1.81. The van der Waals surface area contributed by atoms with Gasteiger partial charge in [-0.25, -0.2) is 0 Å². The maximum atomic E-state index is 7.33. The zero-order chi connectivity index (χ0) is 4.50. The van der Waals surface area contributed by atoms with Gasteiger partial charge in [0, 0.05) is 0 Å². The molecular weight excluding hydrogens is 175 g/mol. The zero-order valence-corrected chi connectivity index (χ0v) is 8.34. The van der Waals surface area contributed by atoms with Crippen molar-refractivity contribution in [3.05, 3.63) is 0 Å². The molecule has 8 heavy (non-hydrogen) atoms. The molecule has 0 amide bonds. The van der Waals surface area contributed by atoms with Gasteiger partial charge in [0.05, 0.1) is 0 Å². The molecule has 40 valence electrons. The third-order valence-corrected chi connectivity index (χ3v) is 0. The summed E-state index contributed by atoms with van der Waals surface area (Å²) in [4.78, 5) is 29.3. The Morgan fingerprint density at radius 3 is 0.875 bits per heavy atom. The van der Waals surface area contributed by atoms with Gasteiger partial charge in [-0.2, -0.15) is 0 Å². The van der Waals surface area contributed by atoms with E-state index in [1.807, 2.05) is 0 Å². The first-order valence-electron chi connectivity index (χ1n) is 0.894. The van der Waals surface area contributed by atoms with Crippen LogP contribution in [-0.4, -0.2) is 83.3 Å².